The van der Waals surface area contributed by atoms with Gasteiger partial charge < -0.3 is 21.1 Å². The van der Waals surface area contributed by atoms with Crippen LogP contribution in [-0.4, -0.2) is 17.3 Å². The molecule has 0 saturated heterocycles. The van der Waals surface area contributed by atoms with Gasteiger partial charge in [-0.15, -0.1) is 13.2 Å². The number of ether oxygens (including phenoxy) is 1. The average molecular weight is 443 g/mol. The molecule has 1 aromatic heterocycles. The van der Waals surface area contributed by atoms with E-state index < -0.39 is 12.3 Å². The molecule has 1 heterocycles. The van der Waals surface area contributed by atoms with Crippen LogP contribution in [0.3, 0.4) is 0 Å². The monoisotopic (exact) mass is 442 g/mol. The molecular formula is C18H14ClF3N4O2S. The largest absolute Gasteiger partial charge is 0.573 e. The van der Waals surface area contributed by atoms with Gasteiger partial charge in [-0.25, -0.2) is 4.98 Å². The van der Waals surface area contributed by atoms with Crippen LogP contribution >= 0.6 is 22.9 Å². The number of nitrogens with zero attached hydrogens (tertiary/aromatic N) is 1. The van der Waals surface area contributed by atoms with E-state index in [0.29, 0.717) is 10.7 Å². The van der Waals surface area contributed by atoms with Crippen molar-refractivity contribution in [1.82, 2.24) is 4.98 Å². The molecule has 29 heavy (non-hydrogen) atoms. The topological polar surface area (TPSA) is 89.3 Å². The minimum absolute atomic E-state index is 0.0256. The molecule has 0 radical (unpaired) electrons. The Bertz CT molecular complexity index is 1040. The third kappa shape index (κ3) is 5.30. The minimum atomic E-state index is -4.80. The molecule has 0 saturated carbocycles. The van der Waals surface area contributed by atoms with Crippen molar-refractivity contribution in [3.8, 4) is 5.75 Å². The lowest BCUT2D eigenvalue weighted by Crippen LogP contribution is -2.17. The number of hydrogen-bond donors (Lipinski definition) is 3. The summed E-state index contributed by atoms with van der Waals surface area (Å²) in [5, 5.41) is 6.11. The van der Waals surface area contributed by atoms with Crippen molar-refractivity contribution in [3.05, 3.63) is 57.9 Å². The zero-order valence-corrected chi connectivity index (χ0v) is 16.4. The molecule has 4 N–H and O–H groups in total. The van der Waals surface area contributed by atoms with Crippen LogP contribution in [0, 0.1) is 6.92 Å². The first-order chi connectivity index (χ1) is 13.6. The maximum absolute atomic E-state index is 12.6. The van der Waals surface area contributed by atoms with Gasteiger partial charge in [-0.05, 0) is 30.7 Å². The summed E-state index contributed by atoms with van der Waals surface area (Å²) in [7, 11) is 0. The van der Waals surface area contributed by atoms with Crippen molar-refractivity contribution < 1.29 is 22.7 Å². The number of alkyl halides is 3. The molecule has 152 valence electrons. The number of anilines is 4. The molecule has 6 nitrogen and oxygen atoms in total. The summed E-state index contributed by atoms with van der Waals surface area (Å²) in [6.07, 6.45) is -4.80. The number of nitrogen functional groups attached to an aromatic ring is 1. The van der Waals surface area contributed by atoms with E-state index in [4.69, 9.17) is 17.3 Å². The number of carbonyl (C=O) groups is 1. The SMILES string of the molecule is Cc1cccc(Cl)c1NC(=O)c1sc(Nc2cccc(OC(F)(F)F)c2)nc1N. The van der Waals surface area contributed by atoms with Crippen LogP contribution in [0.2, 0.25) is 5.02 Å². The Morgan fingerprint density at radius 3 is 2.66 bits per heavy atom. The molecule has 0 aliphatic heterocycles. The molecule has 0 aliphatic rings. The summed E-state index contributed by atoms with van der Waals surface area (Å²) >= 11 is 7.06. The number of carbonyl (C=O) groups excluding carboxylic acids is 1. The zero-order valence-electron chi connectivity index (χ0n) is 14.8. The van der Waals surface area contributed by atoms with E-state index in [1.807, 2.05) is 0 Å². The minimum Gasteiger partial charge on any atom is -0.406 e. The molecule has 0 atom stereocenters. The zero-order chi connectivity index (χ0) is 21.2. The van der Waals surface area contributed by atoms with Gasteiger partial charge in [-0.1, -0.05) is 41.1 Å². The van der Waals surface area contributed by atoms with Crippen LogP contribution in [0.4, 0.5) is 35.5 Å². The van der Waals surface area contributed by atoms with Gasteiger partial charge in [-0.2, -0.15) is 0 Å². The number of nitrogens with two attached hydrogens (primary N) is 1. The number of para-hydroxylation sites is 1. The van der Waals surface area contributed by atoms with E-state index in [1.165, 1.54) is 18.2 Å². The number of rotatable bonds is 5. The highest BCUT2D eigenvalue weighted by molar-refractivity contribution is 7.18. The van der Waals surface area contributed by atoms with Crippen LogP contribution in [0.5, 0.6) is 5.75 Å². The Kier molecular flexibility index (Phi) is 5.85. The molecular weight excluding hydrogens is 429 g/mol. The smallest absolute Gasteiger partial charge is 0.406 e. The van der Waals surface area contributed by atoms with Crippen LogP contribution in [0.15, 0.2) is 42.5 Å². The van der Waals surface area contributed by atoms with E-state index >= 15 is 0 Å². The molecule has 0 unspecified atom stereocenters. The second-order valence-corrected chi connectivity index (χ2v) is 7.23. The van der Waals surface area contributed by atoms with Crippen LogP contribution in [0.25, 0.3) is 0 Å². The normalized spacial score (nSPS) is 11.2. The van der Waals surface area contributed by atoms with Crippen molar-refractivity contribution in [2.45, 2.75) is 13.3 Å². The molecule has 0 spiro atoms. The highest BCUT2D eigenvalue weighted by Crippen LogP contribution is 2.32. The van der Waals surface area contributed by atoms with Gasteiger partial charge in [0.1, 0.15) is 16.4 Å². The fourth-order valence-corrected chi connectivity index (χ4v) is 3.47. The van der Waals surface area contributed by atoms with Gasteiger partial charge in [0.15, 0.2) is 5.13 Å². The summed E-state index contributed by atoms with van der Waals surface area (Å²) in [5.74, 6) is -0.917. The molecule has 1 amide bonds. The van der Waals surface area contributed by atoms with E-state index in [1.54, 1.807) is 25.1 Å². The van der Waals surface area contributed by atoms with Crippen molar-refractivity contribution in [2.24, 2.45) is 0 Å². The lowest BCUT2D eigenvalue weighted by molar-refractivity contribution is -0.274. The van der Waals surface area contributed by atoms with Gasteiger partial charge in [0.25, 0.3) is 5.91 Å². The number of halogens is 4. The third-order valence-electron chi connectivity index (χ3n) is 3.64. The van der Waals surface area contributed by atoms with Gasteiger partial charge in [0.05, 0.1) is 10.7 Å². The highest BCUT2D eigenvalue weighted by atomic mass is 35.5. The molecule has 0 bridgehead atoms. The van der Waals surface area contributed by atoms with E-state index in [9.17, 15) is 18.0 Å². The predicted molar refractivity (Wildman–Crippen MR) is 107 cm³/mol. The molecule has 3 rings (SSSR count). The van der Waals surface area contributed by atoms with Crippen molar-refractivity contribution in [3.63, 3.8) is 0 Å². The second-order valence-electron chi connectivity index (χ2n) is 5.82. The summed E-state index contributed by atoms with van der Waals surface area (Å²) in [6, 6.07) is 10.4. The first-order valence-corrected chi connectivity index (χ1v) is 9.27. The maximum Gasteiger partial charge on any atom is 0.573 e. The summed E-state index contributed by atoms with van der Waals surface area (Å²) in [6.45, 7) is 1.79. The Balaban J connectivity index is 1.77. The maximum atomic E-state index is 12.6. The molecule has 2 aromatic carbocycles. The highest BCUT2D eigenvalue weighted by Gasteiger charge is 2.31. The second kappa shape index (κ2) is 8.18. The van der Waals surface area contributed by atoms with Gasteiger partial charge >= 0.3 is 6.36 Å². The number of aromatic nitrogens is 1. The average Bonchev–Trinajstić information content (AvgIpc) is 2.97. The fraction of sp³-hybridized carbons (Fsp3) is 0.111. The number of amides is 1. The van der Waals surface area contributed by atoms with Crippen molar-refractivity contribution in [1.29, 1.82) is 0 Å². The number of aryl methyl sites for hydroxylation is 1. The van der Waals surface area contributed by atoms with Crippen LogP contribution in [0.1, 0.15) is 15.2 Å². The summed E-state index contributed by atoms with van der Waals surface area (Å²) < 4.78 is 41.0. The Hall–Kier alpha value is -2.98. The van der Waals surface area contributed by atoms with Crippen LogP contribution in [-0.2, 0) is 0 Å². The Morgan fingerprint density at radius 2 is 1.97 bits per heavy atom. The van der Waals surface area contributed by atoms with Crippen LogP contribution < -0.4 is 21.1 Å². The standard InChI is InChI=1S/C18H14ClF3N4O2S/c1-9-4-2-7-12(19)13(9)25-16(27)14-15(23)26-17(29-14)24-10-5-3-6-11(8-10)28-18(20,21)22/h2-8H,23H2,1H3,(H,24,26)(H,25,27). The molecule has 0 aliphatic carbocycles. The predicted octanol–water partition coefficient (Wildman–Crippen LogP) is 5.58. The van der Waals surface area contributed by atoms with E-state index in [2.05, 4.69) is 20.4 Å². The van der Waals surface area contributed by atoms with Crippen molar-refractivity contribution >= 4 is 51.2 Å². The quantitative estimate of drug-likeness (QED) is 0.480. The fourth-order valence-electron chi connectivity index (χ4n) is 2.40. The van der Waals surface area contributed by atoms with Gasteiger partial charge in [0.2, 0.25) is 0 Å². The van der Waals surface area contributed by atoms with Gasteiger partial charge in [-0.3, -0.25) is 4.79 Å². The number of hydrogen-bond acceptors (Lipinski definition) is 6. The lowest BCUT2D eigenvalue weighted by Gasteiger charge is -2.10. The molecule has 0 fully saturated rings. The Labute approximate surface area is 172 Å². The number of thiazole rings is 1. The number of nitrogens with one attached hydrogen (secondary N) is 2. The summed E-state index contributed by atoms with van der Waals surface area (Å²) in [4.78, 5) is 16.7. The molecule has 11 heteroatoms. The summed E-state index contributed by atoms with van der Waals surface area (Å²) in [5.41, 5.74) is 7.35. The molecule has 3 aromatic rings. The van der Waals surface area contributed by atoms with Gasteiger partial charge in [0, 0.05) is 11.8 Å². The van der Waals surface area contributed by atoms with E-state index in [0.717, 1.165) is 23.0 Å². The Morgan fingerprint density at radius 1 is 1.24 bits per heavy atom. The lowest BCUT2D eigenvalue weighted by atomic mass is 10.2. The number of benzene rings is 2. The third-order valence-corrected chi connectivity index (χ3v) is 4.94. The van der Waals surface area contributed by atoms with E-state index in [-0.39, 0.29) is 27.3 Å². The first-order valence-electron chi connectivity index (χ1n) is 8.08. The first kappa shape index (κ1) is 20.7. The van der Waals surface area contributed by atoms with Crippen molar-refractivity contribution in [2.75, 3.05) is 16.4 Å².